The number of nitro benzene ring substituents is 1. The van der Waals surface area contributed by atoms with Gasteiger partial charge in [-0.25, -0.2) is 4.79 Å². The predicted octanol–water partition coefficient (Wildman–Crippen LogP) is 1.83. The highest BCUT2D eigenvalue weighted by Gasteiger charge is 2.20. The summed E-state index contributed by atoms with van der Waals surface area (Å²) in [6.45, 7) is 1.94. The summed E-state index contributed by atoms with van der Waals surface area (Å²) < 4.78 is 9.87. The largest absolute Gasteiger partial charge is 0.465 e. The second-order valence-electron chi connectivity index (χ2n) is 4.59. The van der Waals surface area contributed by atoms with E-state index in [4.69, 9.17) is 4.74 Å². The predicted molar refractivity (Wildman–Crippen MR) is 71.9 cm³/mol. The molecule has 1 atom stereocenters. The molecule has 0 amide bonds. The van der Waals surface area contributed by atoms with Crippen molar-refractivity contribution < 1.29 is 19.2 Å². The smallest absolute Gasteiger partial charge is 0.337 e. The van der Waals surface area contributed by atoms with Crippen molar-refractivity contribution in [1.82, 2.24) is 0 Å². The molecule has 7 heteroatoms. The summed E-state index contributed by atoms with van der Waals surface area (Å²) >= 11 is 0. The molecule has 0 aliphatic carbocycles. The maximum absolute atomic E-state index is 11.5. The summed E-state index contributed by atoms with van der Waals surface area (Å²) in [5, 5.41) is 14.0. The molecule has 1 unspecified atom stereocenters. The van der Waals surface area contributed by atoms with Crippen molar-refractivity contribution in [2.75, 3.05) is 32.2 Å². The molecule has 2 rings (SSSR count). The van der Waals surface area contributed by atoms with Crippen molar-refractivity contribution in [2.45, 2.75) is 6.42 Å². The number of carbonyl (C=O) groups excluding carboxylic acids is 1. The van der Waals surface area contributed by atoms with Crippen LogP contribution < -0.4 is 5.32 Å². The van der Waals surface area contributed by atoms with Crippen LogP contribution in [0.1, 0.15) is 16.8 Å². The Kier molecular flexibility index (Phi) is 4.52. The van der Waals surface area contributed by atoms with Crippen LogP contribution in [-0.4, -0.2) is 37.8 Å². The van der Waals surface area contributed by atoms with Gasteiger partial charge in [0.05, 0.1) is 24.2 Å². The number of hydrogen-bond donors (Lipinski definition) is 1. The number of nitrogens with one attached hydrogen (secondary N) is 1. The molecule has 0 bridgehead atoms. The van der Waals surface area contributed by atoms with Crippen molar-refractivity contribution in [3.05, 3.63) is 33.9 Å². The molecule has 1 aliphatic rings. The molecule has 20 heavy (non-hydrogen) atoms. The second-order valence-corrected chi connectivity index (χ2v) is 4.59. The average Bonchev–Trinajstić information content (AvgIpc) is 2.97. The first kappa shape index (κ1) is 14.3. The van der Waals surface area contributed by atoms with E-state index in [1.165, 1.54) is 25.3 Å². The van der Waals surface area contributed by atoms with Crippen molar-refractivity contribution in [1.29, 1.82) is 0 Å². The van der Waals surface area contributed by atoms with Crippen molar-refractivity contribution in [3.63, 3.8) is 0 Å². The molecule has 1 saturated heterocycles. The zero-order chi connectivity index (χ0) is 14.5. The molecule has 7 nitrogen and oxygen atoms in total. The van der Waals surface area contributed by atoms with E-state index in [1.54, 1.807) is 0 Å². The number of nitro groups is 1. The fourth-order valence-corrected chi connectivity index (χ4v) is 2.08. The van der Waals surface area contributed by atoms with Crippen molar-refractivity contribution in [3.8, 4) is 0 Å². The third-order valence-corrected chi connectivity index (χ3v) is 3.22. The minimum atomic E-state index is -0.521. The van der Waals surface area contributed by atoms with Gasteiger partial charge in [-0.1, -0.05) is 0 Å². The lowest BCUT2D eigenvalue weighted by Crippen LogP contribution is -2.15. The van der Waals surface area contributed by atoms with Gasteiger partial charge < -0.3 is 14.8 Å². The van der Waals surface area contributed by atoms with E-state index in [2.05, 4.69) is 10.1 Å². The lowest BCUT2D eigenvalue weighted by atomic mass is 10.1. The van der Waals surface area contributed by atoms with Crippen LogP contribution in [0.3, 0.4) is 0 Å². The average molecular weight is 280 g/mol. The standard InChI is InChI=1S/C13H16N2O5/c1-19-13(16)10-2-3-12(15(17)18)11(6-10)14-7-9-4-5-20-8-9/h2-3,6,9,14H,4-5,7-8H2,1H3. The Morgan fingerprint density at radius 3 is 3.00 bits per heavy atom. The Morgan fingerprint density at radius 2 is 2.40 bits per heavy atom. The summed E-state index contributed by atoms with van der Waals surface area (Å²) in [7, 11) is 1.27. The number of rotatable bonds is 5. The topological polar surface area (TPSA) is 90.7 Å². The number of anilines is 1. The SMILES string of the molecule is COC(=O)c1ccc([N+](=O)[O-])c(NCC2CCOC2)c1. The molecule has 0 saturated carbocycles. The quantitative estimate of drug-likeness (QED) is 0.502. The summed E-state index contributed by atoms with van der Waals surface area (Å²) in [4.78, 5) is 22.0. The van der Waals surface area contributed by atoms with Gasteiger partial charge in [0.2, 0.25) is 0 Å². The van der Waals surface area contributed by atoms with E-state index < -0.39 is 10.9 Å². The van der Waals surface area contributed by atoms with Crippen LogP contribution in [0.5, 0.6) is 0 Å². The highest BCUT2D eigenvalue weighted by atomic mass is 16.6. The maximum atomic E-state index is 11.5. The summed E-state index contributed by atoms with van der Waals surface area (Å²) in [6, 6.07) is 4.13. The minimum absolute atomic E-state index is 0.0587. The van der Waals surface area contributed by atoms with Crippen LogP contribution in [0.2, 0.25) is 0 Å². The fraction of sp³-hybridized carbons (Fsp3) is 0.462. The fourth-order valence-electron chi connectivity index (χ4n) is 2.08. The van der Waals surface area contributed by atoms with Crippen LogP contribution in [0.4, 0.5) is 11.4 Å². The van der Waals surface area contributed by atoms with Gasteiger partial charge in [-0.3, -0.25) is 10.1 Å². The van der Waals surface area contributed by atoms with Gasteiger partial charge in [-0.05, 0) is 18.6 Å². The molecular formula is C13H16N2O5. The van der Waals surface area contributed by atoms with Gasteiger partial charge in [-0.15, -0.1) is 0 Å². The Hall–Kier alpha value is -2.15. The van der Waals surface area contributed by atoms with E-state index in [0.717, 1.165) is 13.0 Å². The van der Waals surface area contributed by atoms with Crippen LogP contribution in [0, 0.1) is 16.0 Å². The number of carbonyl (C=O) groups is 1. The molecule has 0 aromatic heterocycles. The Balaban J connectivity index is 2.17. The van der Waals surface area contributed by atoms with Crippen LogP contribution >= 0.6 is 0 Å². The Morgan fingerprint density at radius 1 is 1.60 bits per heavy atom. The molecule has 0 spiro atoms. The first-order chi connectivity index (χ1) is 9.61. The first-order valence-corrected chi connectivity index (χ1v) is 6.30. The molecular weight excluding hydrogens is 264 g/mol. The van der Waals surface area contributed by atoms with Crippen LogP contribution in [0.25, 0.3) is 0 Å². The number of methoxy groups -OCH3 is 1. The number of hydrogen-bond acceptors (Lipinski definition) is 6. The highest BCUT2D eigenvalue weighted by Crippen LogP contribution is 2.26. The molecule has 1 aromatic rings. The number of nitrogens with zero attached hydrogens (tertiary/aromatic N) is 1. The van der Waals surface area contributed by atoms with Crippen molar-refractivity contribution >= 4 is 17.3 Å². The summed E-state index contributed by atoms with van der Waals surface area (Å²) in [6.07, 6.45) is 0.928. The molecule has 1 aliphatic heterocycles. The van der Waals surface area contributed by atoms with E-state index >= 15 is 0 Å². The number of ether oxygens (including phenoxy) is 2. The van der Waals surface area contributed by atoms with E-state index in [0.29, 0.717) is 24.8 Å². The van der Waals surface area contributed by atoms with Gasteiger partial charge in [0.15, 0.2) is 0 Å². The van der Waals surface area contributed by atoms with Gasteiger partial charge >= 0.3 is 5.97 Å². The molecule has 1 N–H and O–H groups in total. The van der Waals surface area contributed by atoms with Gasteiger partial charge in [0, 0.05) is 25.1 Å². The molecule has 1 aromatic carbocycles. The number of esters is 1. The van der Waals surface area contributed by atoms with Gasteiger partial charge in [0.25, 0.3) is 5.69 Å². The van der Waals surface area contributed by atoms with Crippen LogP contribution in [0.15, 0.2) is 18.2 Å². The Labute approximate surface area is 116 Å². The lowest BCUT2D eigenvalue weighted by Gasteiger charge is -2.11. The summed E-state index contributed by atoms with van der Waals surface area (Å²) in [5.74, 6) is -0.191. The molecule has 108 valence electrons. The Bertz CT molecular complexity index is 511. The van der Waals surface area contributed by atoms with Gasteiger partial charge in [0.1, 0.15) is 5.69 Å². The normalized spacial score (nSPS) is 17.8. The monoisotopic (exact) mass is 280 g/mol. The molecule has 0 radical (unpaired) electrons. The van der Waals surface area contributed by atoms with E-state index in [1.807, 2.05) is 0 Å². The minimum Gasteiger partial charge on any atom is -0.465 e. The van der Waals surface area contributed by atoms with E-state index in [-0.39, 0.29) is 11.3 Å². The summed E-state index contributed by atoms with van der Waals surface area (Å²) in [5.41, 5.74) is 0.546. The van der Waals surface area contributed by atoms with Crippen molar-refractivity contribution in [2.24, 2.45) is 5.92 Å². The zero-order valence-corrected chi connectivity index (χ0v) is 11.1. The highest BCUT2D eigenvalue weighted by molar-refractivity contribution is 5.91. The third kappa shape index (κ3) is 3.24. The third-order valence-electron chi connectivity index (χ3n) is 3.22. The molecule has 1 fully saturated rings. The lowest BCUT2D eigenvalue weighted by molar-refractivity contribution is -0.384. The van der Waals surface area contributed by atoms with Crippen LogP contribution in [-0.2, 0) is 9.47 Å². The zero-order valence-electron chi connectivity index (χ0n) is 11.1. The van der Waals surface area contributed by atoms with E-state index in [9.17, 15) is 14.9 Å². The maximum Gasteiger partial charge on any atom is 0.337 e. The molecule has 1 heterocycles. The first-order valence-electron chi connectivity index (χ1n) is 6.30. The number of benzene rings is 1. The second kappa shape index (κ2) is 6.33. The van der Waals surface area contributed by atoms with Gasteiger partial charge in [-0.2, -0.15) is 0 Å².